The number of carbonyl (C=O) groups excluding carboxylic acids is 1. The summed E-state index contributed by atoms with van der Waals surface area (Å²) < 4.78 is 9.74. The van der Waals surface area contributed by atoms with Gasteiger partial charge in [0.1, 0.15) is 0 Å². The first-order valence-electron chi connectivity index (χ1n) is 4.21. The van der Waals surface area contributed by atoms with Gasteiger partial charge in [-0.15, -0.1) is 0 Å². The highest BCUT2D eigenvalue weighted by atomic mass is 32.2. The maximum atomic E-state index is 9.96. The first-order valence-corrected chi connectivity index (χ1v) is 4.95. The van der Waals surface area contributed by atoms with E-state index in [-0.39, 0.29) is 0 Å². The van der Waals surface area contributed by atoms with Gasteiger partial charge >= 0.3 is 0 Å². The lowest BCUT2D eigenvalue weighted by molar-refractivity contribution is -0.143. The third-order valence-electron chi connectivity index (χ3n) is 1.55. The van der Waals surface area contributed by atoms with E-state index in [1.54, 1.807) is 6.92 Å². The Labute approximate surface area is 87.6 Å². The molecule has 1 aromatic carbocycles. The molecule has 4 heteroatoms. The van der Waals surface area contributed by atoms with Gasteiger partial charge in [-0.3, -0.25) is 8.98 Å². The molecule has 1 unspecified atom stereocenters. The molecule has 76 valence electrons. The summed E-state index contributed by atoms with van der Waals surface area (Å²) in [5.74, 6) is 0. The molecular formula is C10H12O3S. The van der Waals surface area contributed by atoms with E-state index in [1.165, 1.54) is 17.6 Å². The van der Waals surface area contributed by atoms with Crippen LogP contribution in [0.25, 0.3) is 0 Å². The second-order valence-electron chi connectivity index (χ2n) is 2.79. The van der Waals surface area contributed by atoms with Crippen LogP contribution in [0.4, 0.5) is 0 Å². The van der Waals surface area contributed by atoms with E-state index >= 15 is 0 Å². The van der Waals surface area contributed by atoms with Crippen molar-refractivity contribution in [2.24, 2.45) is 0 Å². The number of benzene rings is 1. The van der Waals surface area contributed by atoms with Crippen LogP contribution in [0.2, 0.25) is 0 Å². The zero-order chi connectivity index (χ0) is 10.4. The molecule has 3 nitrogen and oxygen atoms in total. The monoisotopic (exact) mass is 212 g/mol. The molecule has 0 heterocycles. The first-order chi connectivity index (χ1) is 6.72. The summed E-state index contributed by atoms with van der Waals surface area (Å²) >= 11 is 1.19. The van der Waals surface area contributed by atoms with Crippen molar-refractivity contribution < 1.29 is 13.7 Å². The molecule has 0 aliphatic rings. The highest BCUT2D eigenvalue weighted by Gasteiger charge is 2.02. The van der Waals surface area contributed by atoms with Crippen molar-refractivity contribution in [3.8, 4) is 0 Å². The Morgan fingerprint density at radius 1 is 1.36 bits per heavy atom. The molecule has 0 N–H and O–H groups in total. The Morgan fingerprint density at radius 2 is 2.00 bits per heavy atom. The average molecular weight is 212 g/mol. The SMILES string of the molecule is Cc1ccc(SOC(C)OC=O)cc1. The quantitative estimate of drug-likeness (QED) is 0.427. The van der Waals surface area contributed by atoms with E-state index in [4.69, 9.17) is 4.18 Å². The van der Waals surface area contributed by atoms with Crippen molar-refractivity contribution in [2.75, 3.05) is 0 Å². The summed E-state index contributed by atoms with van der Waals surface area (Å²) in [5, 5.41) is 0. The Balaban J connectivity index is 2.37. The van der Waals surface area contributed by atoms with E-state index in [9.17, 15) is 4.79 Å². The minimum Gasteiger partial charge on any atom is -0.437 e. The van der Waals surface area contributed by atoms with Crippen LogP contribution in [0.5, 0.6) is 0 Å². The van der Waals surface area contributed by atoms with Crippen LogP contribution in [0, 0.1) is 6.92 Å². The standard InChI is InChI=1S/C10H12O3S/c1-8-3-5-10(6-4-8)14-13-9(2)12-7-11/h3-7,9H,1-2H3. The first kappa shape index (κ1) is 11.1. The minimum absolute atomic E-state index is 0.375. The maximum absolute atomic E-state index is 9.96. The molecule has 0 saturated heterocycles. The zero-order valence-corrected chi connectivity index (χ0v) is 8.91. The van der Waals surface area contributed by atoms with Gasteiger partial charge in [0.15, 0.2) is 0 Å². The van der Waals surface area contributed by atoms with Crippen LogP contribution < -0.4 is 0 Å². The minimum atomic E-state index is -0.529. The van der Waals surface area contributed by atoms with Crippen LogP contribution in [0.1, 0.15) is 12.5 Å². The maximum Gasteiger partial charge on any atom is 0.295 e. The molecule has 0 aliphatic heterocycles. The van der Waals surface area contributed by atoms with Crippen LogP contribution in [0.3, 0.4) is 0 Å². The fourth-order valence-corrected chi connectivity index (χ4v) is 1.36. The summed E-state index contributed by atoms with van der Waals surface area (Å²) in [4.78, 5) is 10.9. The van der Waals surface area contributed by atoms with E-state index in [0.29, 0.717) is 6.47 Å². The Kier molecular flexibility index (Phi) is 4.49. The molecule has 14 heavy (non-hydrogen) atoms. The fourth-order valence-electron chi connectivity index (χ4n) is 0.818. The molecule has 1 atom stereocenters. The lowest BCUT2D eigenvalue weighted by Gasteiger charge is -2.08. The number of rotatable bonds is 5. The third-order valence-corrected chi connectivity index (χ3v) is 2.38. The van der Waals surface area contributed by atoms with E-state index < -0.39 is 6.29 Å². The van der Waals surface area contributed by atoms with Crippen molar-refractivity contribution in [3.05, 3.63) is 29.8 Å². The van der Waals surface area contributed by atoms with Crippen molar-refractivity contribution in [1.29, 1.82) is 0 Å². The van der Waals surface area contributed by atoms with Crippen LogP contribution in [-0.2, 0) is 13.7 Å². The molecule has 0 radical (unpaired) electrons. The topological polar surface area (TPSA) is 35.5 Å². The summed E-state index contributed by atoms with van der Waals surface area (Å²) in [7, 11) is 0. The number of aryl methyl sites for hydroxylation is 1. The lowest BCUT2D eigenvalue weighted by Crippen LogP contribution is -2.06. The van der Waals surface area contributed by atoms with Gasteiger partial charge in [0.05, 0.1) is 0 Å². The zero-order valence-electron chi connectivity index (χ0n) is 8.10. The highest BCUT2D eigenvalue weighted by molar-refractivity contribution is 7.94. The van der Waals surface area contributed by atoms with Crippen molar-refractivity contribution in [1.82, 2.24) is 0 Å². The molecule has 0 aliphatic carbocycles. The van der Waals surface area contributed by atoms with E-state index in [0.717, 1.165) is 4.90 Å². The number of ether oxygens (including phenoxy) is 1. The molecule has 0 fully saturated rings. The lowest BCUT2D eigenvalue weighted by atomic mass is 10.2. The molecule has 0 bridgehead atoms. The van der Waals surface area contributed by atoms with Crippen molar-refractivity contribution in [2.45, 2.75) is 25.0 Å². The average Bonchev–Trinajstić information content (AvgIpc) is 2.17. The largest absolute Gasteiger partial charge is 0.437 e. The van der Waals surface area contributed by atoms with Crippen LogP contribution in [-0.4, -0.2) is 12.8 Å². The molecule has 1 aromatic rings. The van der Waals surface area contributed by atoms with Crippen LogP contribution in [0.15, 0.2) is 29.2 Å². The molecule has 0 aromatic heterocycles. The summed E-state index contributed by atoms with van der Waals surface area (Å²) in [6.07, 6.45) is -0.529. The van der Waals surface area contributed by atoms with Gasteiger partial charge in [-0.05, 0) is 26.0 Å². The predicted molar refractivity (Wildman–Crippen MR) is 54.7 cm³/mol. The van der Waals surface area contributed by atoms with E-state index in [2.05, 4.69) is 4.74 Å². The molecule has 0 amide bonds. The number of hydrogen-bond donors (Lipinski definition) is 0. The second-order valence-corrected chi connectivity index (χ2v) is 3.62. The smallest absolute Gasteiger partial charge is 0.295 e. The van der Waals surface area contributed by atoms with E-state index in [1.807, 2.05) is 31.2 Å². The highest BCUT2D eigenvalue weighted by Crippen LogP contribution is 2.21. The van der Waals surface area contributed by atoms with Gasteiger partial charge in [0.25, 0.3) is 6.47 Å². The summed E-state index contributed by atoms with van der Waals surface area (Å²) in [6.45, 7) is 4.06. The Hall–Kier alpha value is -1.00. The molecular weight excluding hydrogens is 200 g/mol. The van der Waals surface area contributed by atoms with Gasteiger partial charge in [-0.2, -0.15) is 0 Å². The van der Waals surface area contributed by atoms with Gasteiger partial charge < -0.3 is 4.74 Å². The number of hydrogen-bond acceptors (Lipinski definition) is 4. The van der Waals surface area contributed by atoms with Crippen molar-refractivity contribution in [3.63, 3.8) is 0 Å². The predicted octanol–water partition coefficient (Wildman–Crippen LogP) is 2.54. The second kappa shape index (κ2) is 5.67. The van der Waals surface area contributed by atoms with Gasteiger partial charge in [-0.1, -0.05) is 17.7 Å². The van der Waals surface area contributed by atoms with Crippen LogP contribution >= 0.6 is 12.0 Å². The number of carbonyl (C=O) groups is 1. The summed E-state index contributed by atoms with van der Waals surface area (Å²) in [6, 6.07) is 7.90. The Bertz CT molecular complexity index is 284. The molecule has 0 spiro atoms. The van der Waals surface area contributed by atoms with Crippen molar-refractivity contribution >= 4 is 18.5 Å². The Morgan fingerprint density at radius 3 is 2.57 bits per heavy atom. The normalized spacial score (nSPS) is 12.1. The van der Waals surface area contributed by atoms with Gasteiger partial charge in [0, 0.05) is 16.9 Å². The summed E-state index contributed by atoms with van der Waals surface area (Å²) in [5.41, 5.74) is 1.20. The third kappa shape index (κ3) is 3.81. The molecule has 0 saturated carbocycles. The molecule has 1 rings (SSSR count). The fraction of sp³-hybridized carbons (Fsp3) is 0.300. The van der Waals surface area contributed by atoms with Gasteiger partial charge in [-0.25, -0.2) is 0 Å². The van der Waals surface area contributed by atoms with Gasteiger partial charge in [0.2, 0.25) is 6.29 Å².